The van der Waals surface area contributed by atoms with Crippen molar-refractivity contribution in [3.8, 4) is 11.3 Å². The predicted octanol–water partition coefficient (Wildman–Crippen LogP) is 5.17. The zero-order chi connectivity index (χ0) is 20.7. The lowest BCUT2D eigenvalue weighted by molar-refractivity contribution is -0.133. The second-order valence-electron chi connectivity index (χ2n) is 7.73. The third kappa shape index (κ3) is 3.49. The molecule has 0 aliphatic carbocycles. The van der Waals surface area contributed by atoms with Crippen molar-refractivity contribution in [2.45, 2.75) is 25.6 Å². The van der Waals surface area contributed by atoms with Crippen molar-refractivity contribution in [2.24, 2.45) is 5.73 Å². The molecule has 1 aliphatic heterocycles. The molecule has 5 heteroatoms. The minimum atomic E-state index is -0.631. The first-order valence-corrected chi connectivity index (χ1v) is 10.3. The van der Waals surface area contributed by atoms with Crippen LogP contribution in [-0.4, -0.2) is 16.8 Å². The van der Waals surface area contributed by atoms with Gasteiger partial charge < -0.3 is 15.1 Å². The number of halogens is 1. The molecule has 0 fully saturated rings. The van der Waals surface area contributed by atoms with Gasteiger partial charge in [-0.3, -0.25) is 4.79 Å². The van der Waals surface area contributed by atoms with Crippen LogP contribution in [0.2, 0.25) is 5.02 Å². The number of benzene rings is 3. The summed E-state index contributed by atoms with van der Waals surface area (Å²) in [6.45, 7) is 1.23. The Balaban J connectivity index is 1.31. The molecule has 4 aromatic rings. The number of amides is 1. The summed E-state index contributed by atoms with van der Waals surface area (Å²) in [7, 11) is 0. The number of rotatable bonds is 4. The summed E-state index contributed by atoms with van der Waals surface area (Å²) >= 11 is 6.54. The van der Waals surface area contributed by atoms with E-state index in [1.165, 1.54) is 11.1 Å². The van der Waals surface area contributed by atoms with Gasteiger partial charge in [-0.25, -0.2) is 0 Å². The van der Waals surface area contributed by atoms with E-state index >= 15 is 0 Å². The van der Waals surface area contributed by atoms with Crippen molar-refractivity contribution in [1.82, 2.24) is 4.90 Å². The second kappa shape index (κ2) is 7.63. The van der Waals surface area contributed by atoms with Crippen molar-refractivity contribution in [3.05, 3.63) is 94.5 Å². The standard InChI is InChI=1S/C25H21ClN2O2/c26-21-11-18(24-13-17-5-3-4-8-23(17)30-24)10-9-16(21)12-22(27)25(29)28-14-19-6-1-2-7-20(19)15-28/h1-11,13,22H,12,14-15,27H2. The highest BCUT2D eigenvalue weighted by Gasteiger charge is 2.27. The molecule has 0 radical (unpaired) electrons. The van der Waals surface area contributed by atoms with Crippen molar-refractivity contribution >= 4 is 28.5 Å². The van der Waals surface area contributed by atoms with Gasteiger partial charge in [0.2, 0.25) is 5.91 Å². The molecular weight excluding hydrogens is 396 g/mol. The Labute approximate surface area is 179 Å². The number of hydrogen-bond donors (Lipinski definition) is 1. The smallest absolute Gasteiger partial charge is 0.240 e. The molecule has 1 amide bonds. The van der Waals surface area contributed by atoms with Crippen LogP contribution in [0.3, 0.4) is 0 Å². The highest BCUT2D eigenvalue weighted by Crippen LogP contribution is 2.31. The van der Waals surface area contributed by atoms with Crippen molar-refractivity contribution < 1.29 is 9.21 Å². The second-order valence-corrected chi connectivity index (χ2v) is 8.14. The molecule has 30 heavy (non-hydrogen) atoms. The van der Waals surface area contributed by atoms with E-state index < -0.39 is 6.04 Å². The van der Waals surface area contributed by atoms with E-state index in [2.05, 4.69) is 12.1 Å². The summed E-state index contributed by atoms with van der Waals surface area (Å²) in [5.74, 6) is 0.712. The number of furan rings is 1. The lowest BCUT2D eigenvalue weighted by atomic mass is 10.0. The van der Waals surface area contributed by atoms with Crippen LogP contribution in [0.1, 0.15) is 16.7 Å². The summed E-state index contributed by atoms with van der Waals surface area (Å²) in [5, 5.41) is 1.63. The normalized spacial score (nSPS) is 14.1. The molecule has 5 rings (SSSR count). The van der Waals surface area contributed by atoms with Gasteiger partial charge in [0.1, 0.15) is 11.3 Å². The van der Waals surface area contributed by atoms with Gasteiger partial charge in [0, 0.05) is 29.1 Å². The van der Waals surface area contributed by atoms with Gasteiger partial charge in [0.15, 0.2) is 0 Å². The van der Waals surface area contributed by atoms with E-state index in [1.807, 2.05) is 65.6 Å². The molecule has 1 atom stereocenters. The Morgan fingerprint density at radius 2 is 1.70 bits per heavy atom. The SMILES string of the molecule is NC(Cc1ccc(-c2cc3ccccc3o2)cc1Cl)C(=O)N1Cc2ccccc2C1. The molecule has 0 saturated heterocycles. The minimum Gasteiger partial charge on any atom is -0.456 e. The Kier molecular flexibility index (Phi) is 4.81. The first-order valence-electron chi connectivity index (χ1n) is 9.97. The van der Waals surface area contributed by atoms with E-state index in [-0.39, 0.29) is 5.91 Å². The van der Waals surface area contributed by atoms with E-state index in [9.17, 15) is 4.79 Å². The molecule has 3 aromatic carbocycles. The molecule has 1 unspecified atom stereocenters. The third-order valence-corrected chi connectivity index (χ3v) is 6.02. The molecule has 0 spiro atoms. The average Bonchev–Trinajstić information content (AvgIpc) is 3.38. The van der Waals surface area contributed by atoms with Crippen molar-refractivity contribution in [2.75, 3.05) is 0 Å². The summed E-state index contributed by atoms with van der Waals surface area (Å²) in [4.78, 5) is 14.7. The van der Waals surface area contributed by atoms with E-state index in [0.717, 1.165) is 27.9 Å². The van der Waals surface area contributed by atoms with Gasteiger partial charge in [0.25, 0.3) is 0 Å². The van der Waals surface area contributed by atoms with Crippen LogP contribution in [0.4, 0.5) is 0 Å². The van der Waals surface area contributed by atoms with Crippen LogP contribution in [-0.2, 0) is 24.3 Å². The van der Waals surface area contributed by atoms with Crippen LogP contribution in [0.15, 0.2) is 77.2 Å². The van der Waals surface area contributed by atoms with Crippen molar-refractivity contribution in [1.29, 1.82) is 0 Å². The average molecular weight is 417 g/mol. The fourth-order valence-electron chi connectivity index (χ4n) is 4.04. The Hall–Kier alpha value is -3.08. The highest BCUT2D eigenvalue weighted by molar-refractivity contribution is 6.31. The summed E-state index contributed by atoms with van der Waals surface area (Å²) in [5.41, 5.74) is 11.2. The molecule has 1 aromatic heterocycles. The zero-order valence-corrected chi connectivity index (χ0v) is 17.1. The lowest BCUT2D eigenvalue weighted by Gasteiger charge is -2.21. The summed E-state index contributed by atoms with van der Waals surface area (Å²) in [6.07, 6.45) is 0.394. The highest BCUT2D eigenvalue weighted by atomic mass is 35.5. The third-order valence-electron chi connectivity index (χ3n) is 5.67. The van der Waals surface area contributed by atoms with Gasteiger partial charge in [0.05, 0.1) is 6.04 Å². The topological polar surface area (TPSA) is 59.5 Å². The first kappa shape index (κ1) is 18.9. The summed E-state index contributed by atoms with van der Waals surface area (Å²) < 4.78 is 5.92. The molecular formula is C25H21ClN2O2. The Morgan fingerprint density at radius 3 is 2.40 bits per heavy atom. The molecule has 4 nitrogen and oxygen atoms in total. The summed E-state index contributed by atoms with van der Waals surface area (Å²) in [6, 6.07) is 23.1. The Bertz CT molecular complexity index is 1190. The number of fused-ring (bicyclic) bond motifs is 2. The predicted molar refractivity (Wildman–Crippen MR) is 119 cm³/mol. The molecule has 0 saturated carbocycles. The number of carbonyl (C=O) groups is 1. The van der Waals surface area contributed by atoms with Gasteiger partial charge in [-0.15, -0.1) is 0 Å². The first-order chi connectivity index (χ1) is 14.6. The number of hydrogen-bond acceptors (Lipinski definition) is 3. The largest absolute Gasteiger partial charge is 0.456 e. The number of nitrogens with two attached hydrogens (primary N) is 1. The van der Waals surface area contributed by atoms with E-state index in [1.54, 1.807) is 0 Å². The van der Waals surface area contributed by atoms with Crippen molar-refractivity contribution in [3.63, 3.8) is 0 Å². The maximum Gasteiger partial charge on any atom is 0.240 e. The van der Waals surface area contributed by atoms with Crippen LogP contribution < -0.4 is 5.73 Å². The quantitative estimate of drug-likeness (QED) is 0.499. The number of carbonyl (C=O) groups excluding carboxylic acids is 1. The maximum atomic E-state index is 12.9. The zero-order valence-electron chi connectivity index (χ0n) is 16.3. The molecule has 2 N–H and O–H groups in total. The maximum absolute atomic E-state index is 12.9. The van der Waals surface area contributed by atoms with Gasteiger partial charge >= 0.3 is 0 Å². The van der Waals surface area contributed by atoms with E-state index in [4.69, 9.17) is 21.8 Å². The fraction of sp³-hybridized carbons (Fsp3) is 0.160. The Morgan fingerprint density at radius 1 is 1.00 bits per heavy atom. The minimum absolute atomic E-state index is 0.0522. The number of para-hydroxylation sites is 1. The van der Waals surface area contributed by atoms with E-state index in [0.29, 0.717) is 24.5 Å². The molecule has 2 heterocycles. The fourth-order valence-corrected chi connectivity index (χ4v) is 4.30. The van der Waals surface area contributed by atoms with Crippen LogP contribution in [0.5, 0.6) is 0 Å². The van der Waals surface area contributed by atoms with Gasteiger partial charge in [-0.1, -0.05) is 66.2 Å². The van der Waals surface area contributed by atoms with Gasteiger partial charge in [-0.05, 0) is 41.3 Å². The monoisotopic (exact) mass is 416 g/mol. The lowest BCUT2D eigenvalue weighted by Crippen LogP contribution is -2.42. The van der Waals surface area contributed by atoms with Crippen LogP contribution >= 0.6 is 11.6 Å². The molecule has 0 bridgehead atoms. The molecule has 150 valence electrons. The van der Waals surface area contributed by atoms with Crippen LogP contribution in [0.25, 0.3) is 22.3 Å². The van der Waals surface area contributed by atoms with Gasteiger partial charge in [-0.2, -0.15) is 0 Å². The van der Waals surface area contributed by atoms with Crippen LogP contribution in [0, 0.1) is 0 Å². The molecule has 1 aliphatic rings. The number of nitrogens with zero attached hydrogens (tertiary/aromatic N) is 1.